The predicted octanol–water partition coefficient (Wildman–Crippen LogP) is 3.86. The first-order valence-electron chi connectivity index (χ1n) is 6.54. The van der Waals surface area contributed by atoms with Gasteiger partial charge in [0.05, 0.1) is 12.0 Å². The standard InChI is InChI=1S/C16H14ClFN2OS/c17-14-6-3-4-12(8-14)10-22-11-16(21)20-19-9-13-5-1-2-7-15(13)18/h1-9H,10-11H2,(H,20,21)/b19-9-. The minimum Gasteiger partial charge on any atom is -0.272 e. The highest BCUT2D eigenvalue weighted by atomic mass is 35.5. The van der Waals surface area contributed by atoms with Gasteiger partial charge in [0.1, 0.15) is 5.82 Å². The zero-order valence-corrected chi connectivity index (χ0v) is 13.2. The highest BCUT2D eigenvalue weighted by Crippen LogP contribution is 2.16. The summed E-state index contributed by atoms with van der Waals surface area (Å²) in [5, 5.41) is 4.42. The van der Waals surface area contributed by atoms with E-state index in [0.29, 0.717) is 16.3 Å². The Hall–Kier alpha value is -1.85. The summed E-state index contributed by atoms with van der Waals surface area (Å²) in [6, 6.07) is 13.7. The van der Waals surface area contributed by atoms with Crippen molar-refractivity contribution in [1.29, 1.82) is 0 Å². The van der Waals surface area contributed by atoms with E-state index in [1.807, 2.05) is 18.2 Å². The van der Waals surface area contributed by atoms with Crippen molar-refractivity contribution in [2.24, 2.45) is 5.10 Å². The molecular formula is C16H14ClFN2OS. The summed E-state index contributed by atoms with van der Waals surface area (Å²) in [5.41, 5.74) is 3.76. The van der Waals surface area contributed by atoms with Crippen molar-refractivity contribution in [3.8, 4) is 0 Å². The van der Waals surface area contributed by atoms with Crippen LogP contribution in [0.2, 0.25) is 5.02 Å². The number of nitrogens with one attached hydrogen (secondary N) is 1. The number of carbonyl (C=O) groups is 1. The van der Waals surface area contributed by atoms with E-state index in [2.05, 4.69) is 10.5 Å². The summed E-state index contributed by atoms with van der Waals surface area (Å²) in [5.74, 6) is 0.335. The Labute approximate surface area is 137 Å². The van der Waals surface area contributed by atoms with Gasteiger partial charge in [-0.05, 0) is 23.8 Å². The van der Waals surface area contributed by atoms with Crippen molar-refractivity contribution in [2.75, 3.05) is 5.75 Å². The zero-order valence-electron chi connectivity index (χ0n) is 11.6. The highest BCUT2D eigenvalue weighted by molar-refractivity contribution is 7.99. The van der Waals surface area contributed by atoms with Crippen LogP contribution in [0, 0.1) is 5.82 Å². The number of hydrazone groups is 1. The first kappa shape index (κ1) is 16.5. The van der Waals surface area contributed by atoms with Crippen molar-refractivity contribution >= 4 is 35.5 Å². The summed E-state index contributed by atoms with van der Waals surface area (Å²) < 4.78 is 13.3. The molecule has 1 N–H and O–H groups in total. The molecule has 0 saturated carbocycles. The second-order valence-electron chi connectivity index (χ2n) is 4.44. The Morgan fingerprint density at radius 1 is 1.27 bits per heavy atom. The maximum atomic E-state index is 13.3. The van der Waals surface area contributed by atoms with Crippen LogP contribution in [0.1, 0.15) is 11.1 Å². The number of hydrogen-bond donors (Lipinski definition) is 1. The first-order chi connectivity index (χ1) is 10.6. The predicted molar refractivity (Wildman–Crippen MR) is 89.8 cm³/mol. The molecule has 1 amide bonds. The molecule has 0 fully saturated rings. The molecule has 0 aliphatic rings. The number of halogens is 2. The molecule has 0 unspecified atom stereocenters. The Morgan fingerprint density at radius 2 is 2.09 bits per heavy atom. The van der Waals surface area contributed by atoms with Gasteiger partial charge in [-0.2, -0.15) is 5.10 Å². The number of thioether (sulfide) groups is 1. The molecule has 2 aromatic rings. The molecule has 2 rings (SSSR count). The van der Waals surface area contributed by atoms with Crippen LogP contribution in [-0.4, -0.2) is 17.9 Å². The van der Waals surface area contributed by atoms with Crippen LogP contribution in [-0.2, 0) is 10.5 Å². The normalized spacial score (nSPS) is 10.8. The molecule has 0 radical (unpaired) electrons. The molecule has 3 nitrogen and oxygen atoms in total. The molecule has 0 aromatic heterocycles. The summed E-state index contributed by atoms with van der Waals surface area (Å²) in [6.07, 6.45) is 1.29. The zero-order chi connectivity index (χ0) is 15.8. The molecule has 6 heteroatoms. The van der Waals surface area contributed by atoms with Crippen LogP contribution in [0.3, 0.4) is 0 Å². The van der Waals surface area contributed by atoms with Gasteiger partial charge in [-0.3, -0.25) is 4.79 Å². The summed E-state index contributed by atoms with van der Waals surface area (Å²) >= 11 is 7.34. The van der Waals surface area contributed by atoms with E-state index in [9.17, 15) is 9.18 Å². The number of benzene rings is 2. The van der Waals surface area contributed by atoms with E-state index in [0.717, 1.165) is 5.56 Å². The minimum atomic E-state index is -0.379. The Morgan fingerprint density at radius 3 is 2.86 bits per heavy atom. The number of hydrogen-bond acceptors (Lipinski definition) is 3. The monoisotopic (exact) mass is 336 g/mol. The summed E-state index contributed by atoms with van der Waals surface area (Å²) in [7, 11) is 0. The smallest absolute Gasteiger partial charge is 0.250 e. The highest BCUT2D eigenvalue weighted by Gasteiger charge is 2.02. The lowest BCUT2D eigenvalue weighted by molar-refractivity contribution is -0.118. The number of rotatable bonds is 6. The third kappa shape index (κ3) is 5.50. The Bertz CT molecular complexity index is 679. The van der Waals surface area contributed by atoms with Gasteiger partial charge in [0.15, 0.2) is 0 Å². The van der Waals surface area contributed by atoms with Crippen LogP contribution >= 0.6 is 23.4 Å². The maximum absolute atomic E-state index is 13.3. The molecule has 0 bridgehead atoms. The van der Waals surface area contributed by atoms with Crippen LogP contribution in [0.25, 0.3) is 0 Å². The van der Waals surface area contributed by atoms with Gasteiger partial charge in [-0.1, -0.05) is 41.9 Å². The number of nitrogens with zero attached hydrogens (tertiary/aromatic N) is 1. The lowest BCUT2D eigenvalue weighted by Gasteiger charge is -2.02. The lowest BCUT2D eigenvalue weighted by Crippen LogP contribution is -2.19. The number of carbonyl (C=O) groups excluding carboxylic acids is 1. The molecule has 0 heterocycles. The fraction of sp³-hybridized carbons (Fsp3) is 0.125. The Kier molecular flexibility index (Phi) is 6.43. The van der Waals surface area contributed by atoms with Gasteiger partial charge >= 0.3 is 0 Å². The molecule has 0 atom stereocenters. The molecule has 0 aliphatic heterocycles. The van der Waals surface area contributed by atoms with Gasteiger partial charge in [0, 0.05) is 16.3 Å². The Balaban J connectivity index is 1.73. The fourth-order valence-electron chi connectivity index (χ4n) is 1.67. The minimum absolute atomic E-state index is 0.236. The van der Waals surface area contributed by atoms with Crippen LogP contribution in [0.15, 0.2) is 53.6 Å². The van der Waals surface area contributed by atoms with Gasteiger partial charge < -0.3 is 0 Å². The quantitative estimate of drug-likeness (QED) is 0.643. The topological polar surface area (TPSA) is 41.5 Å². The molecule has 114 valence electrons. The van der Waals surface area contributed by atoms with Gasteiger partial charge in [0.2, 0.25) is 5.91 Å². The first-order valence-corrected chi connectivity index (χ1v) is 8.07. The maximum Gasteiger partial charge on any atom is 0.250 e. The van der Waals surface area contributed by atoms with E-state index in [4.69, 9.17) is 11.6 Å². The van der Waals surface area contributed by atoms with Crippen LogP contribution in [0.5, 0.6) is 0 Å². The van der Waals surface area contributed by atoms with Crippen LogP contribution < -0.4 is 5.43 Å². The van der Waals surface area contributed by atoms with E-state index in [1.54, 1.807) is 24.3 Å². The SMILES string of the molecule is O=C(CSCc1cccc(Cl)c1)N/N=C\c1ccccc1F. The van der Waals surface area contributed by atoms with Crippen LogP contribution in [0.4, 0.5) is 4.39 Å². The van der Waals surface area contributed by atoms with Crippen molar-refractivity contribution in [3.05, 3.63) is 70.5 Å². The lowest BCUT2D eigenvalue weighted by atomic mass is 10.2. The van der Waals surface area contributed by atoms with Crippen molar-refractivity contribution in [3.63, 3.8) is 0 Å². The fourth-order valence-corrected chi connectivity index (χ4v) is 2.65. The number of amides is 1. The largest absolute Gasteiger partial charge is 0.272 e. The average Bonchev–Trinajstić information content (AvgIpc) is 2.49. The molecule has 0 spiro atoms. The molecule has 2 aromatic carbocycles. The van der Waals surface area contributed by atoms with Crippen molar-refractivity contribution in [2.45, 2.75) is 5.75 Å². The summed E-state index contributed by atoms with van der Waals surface area (Å²) in [6.45, 7) is 0. The average molecular weight is 337 g/mol. The third-order valence-electron chi connectivity index (χ3n) is 2.69. The molecule has 22 heavy (non-hydrogen) atoms. The molecule has 0 aliphatic carbocycles. The van der Waals surface area contributed by atoms with Gasteiger partial charge in [-0.15, -0.1) is 11.8 Å². The van der Waals surface area contributed by atoms with E-state index in [1.165, 1.54) is 24.0 Å². The molecule has 0 saturated heterocycles. The van der Waals surface area contributed by atoms with Crippen molar-refractivity contribution < 1.29 is 9.18 Å². The second-order valence-corrected chi connectivity index (χ2v) is 5.86. The van der Waals surface area contributed by atoms with E-state index >= 15 is 0 Å². The molecular weight excluding hydrogens is 323 g/mol. The summed E-state index contributed by atoms with van der Waals surface area (Å²) in [4.78, 5) is 11.6. The van der Waals surface area contributed by atoms with Gasteiger partial charge in [-0.25, -0.2) is 9.82 Å². The third-order valence-corrected chi connectivity index (χ3v) is 3.93. The second kappa shape index (κ2) is 8.56. The van der Waals surface area contributed by atoms with Gasteiger partial charge in [0.25, 0.3) is 0 Å². The van der Waals surface area contributed by atoms with E-state index < -0.39 is 0 Å². The van der Waals surface area contributed by atoms with E-state index in [-0.39, 0.29) is 17.5 Å². The van der Waals surface area contributed by atoms with Crippen molar-refractivity contribution in [1.82, 2.24) is 5.43 Å².